The van der Waals surface area contributed by atoms with E-state index in [1.54, 1.807) is 11.3 Å². The lowest BCUT2D eigenvalue weighted by Gasteiger charge is -2.05. The van der Waals surface area contributed by atoms with Gasteiger partial charge in [0.2, 0.25) is 6.79 Å². The molecule has 0 bridgehead atoms. The molecular formula is C14H16N2O2S. The molecule has 1 aromatic heterocycles. The van der Waals surface area contributed by atoms with Crippen LogP contribution in [0.2, 0.25) is 0 Å². The van der Waals surface area contributed by atoms with Crippen LogP contribution in [0, 0.1) is 13.8 Å². The summed E-state index contributed by atoms with van der Waals surface area (Å²) in [5, 5.41) is 4.57. The molecule has 3 rings (SSSR count). The van der Waals surface area contributed by atoms with E-state index in [1.165, 1.54) is 9.88 Å². The maximum absolute atomic E-state index is 5.35. The minimum absolute atomic E-state index is 0.316. The second-order valence-electron chi connectivity index (χ2n) is 4.49. The van der Waals surface area contributed by atoms with Crippen molar-refractivity contribution in [1.82, 2.24) is 4.98 Å². The fourth-order valence-electron chi connectivity index (χ4n) is 1.97. The summed E-state index contributed by atoms with van der Waals surface area (Å²) in [6.45, 7) is 5.35. The smallest absolute Gasteiger partial charge is 0.231 e. The first-order valence-electron chi connectivity index (χ1n) is 6.29. The Morgan fingerprint density at radius 3 is 2.89 bits per heavy atom. The number of benzene rings is 1. The average molecular weight is 276 g/mol. The Balaban J connectivity index is 1.57. The van der Waals surface area contributed by atoms with Gasteiger partial charge in [-0.25, -0.2) is 4.98 Å². The minimum Gasteiger partial charge on any atom is -0.454 e. The number of rotatable bonds is 4. The summed E-state index contributed by atoms with van der Waals surface area (Å²) >= 11 is 1.77. The van der Waals surface area contributed by atoms with Gasteiger partial charge in [-0.15, -0.1) is 11.3 Å². The van der Waals surface area contributed by atoms with E-state index >= 15 is 0 Å². The van der Waals surface area contributed by atoms with Gasteiger partial charge in [0.1, 0.15) is 0 Å². The van der Waals surface area contributed by atoms with Crippen molar-refractivity contribution >= 4 is 17.0 Å². The standard InChI is InChI=1S/C14H16N2O2S/c1-9-10(2)19-14(16-9)5-6-15-11-3-4-12-13(7-11)18-8-17-12/h3-4,7,15H,5-6,8H2,1-2H3. The number of hydrogen-bond acceptors (Lipinski definition) is 5. The number of hydrogen-bond donors (Lipinski definition) is 1. The Hall–Kier alpha value is -1.75. The van der Waals surface area contributed by atoms with Gasteiger partial charge in [0, 0.05) is 29.6 Å². The maximum Gasteiger partial charge on any atom is 0.231 e. The van der Waals surface area contributed by atoms with Crippen LogP contribution in [-0.4, -0.2) is 18.3 Å². The molecule has 19 heavy (non-hydrogen) atoms. The molecule has 0 saturated heterocycles. The molecule has 5 heteroatoms. The number of fused-ring (bicyclic) bond motifs is 1. The van der Waals surface area contributed by atoms with Gasteiger partial charge in [0.05, 0.1) is 10.7 Å². The van der Waals surface area contributed by atoms with Gasteiger partial charge in [-0.3, -0.25) is 0 Å². The molecule has 1 aromatic carbocycles. The fourth-order valence-corrected chi connectivity index (χ4v) is 2.90. The quantitative estimate of drug-likeness (QED) is 0.931. The molecule has 0 saturated carbocycles. The van der Waals surface area contributed by atoms with Crippen LogP contribution in [0.5, 0.6) is 11.5 Å². The van der Waals surface area contributed by atoms with Crippen LogP contribution in [0.15, 0.2) is 18.2 Å². The summed E-state index contributed by atoms with van der Waals surface area (Å²) in [7, 11) is 0. The number of thiazole rings is 1. The third-order valence-electron chi connectivity index (χ3n) is 3.11. The third-order valence-corrected chi connectivity index (χ3v) is 4.25. The van der Waals surface area contributed by atoms with E-state index in [1.807, 2.05) is 18.2 Å². The fraction of sp³-hybridized carbons (Fsp3) is 0.357. The van der Waals surface area contributed by atoms with E-state index < -0.39 is 0 Å². The van der Waals surface area contributed by atoms with Crippen molar-refractivity contribution in [3.63, 3.8) is 0 Å². The van der Waals surface area contributed by atoms with Crippen molar-refractivity contribution in [2.24, 2.45) is 0 Å². The van der Waals surface area contributed by atoms with Crippen molar-refractivity contribution in [1.29, 1.82) is 0 Å². The lowest BCUT2D eigenvalue weighted by Crippen LogP contribution is -2.04. The highest BCUT2D eigenvalue weighted by molar-refractivity contribution is 7.11. The molecule has 1 aliphatic heterocycles. The lowest BCUT2D eigenvalue weighted by atomic mass is 10.2. The van der Waals surface area contributed by atoms with E-state index in [2.05, 4.69) is 24.1 Å². The van der Waals surface area contributed by atoms with Gasteiger partial charge in [0.25, 0.3) is 0 Å². The molecule has 1 aliphatic rings. The molecule has 0 fully saturated rings. The van der Waals surface area contributed by atoms with Gasteiger partial charge in [-0.1, -0.05) is 0 Å². The first-order chi connectivity index (χ1) is 9.22. The second-order valence-corrected chi connectivity index (χ2v) is 5.78. The Morgan fingerprint density at radius 1 is 1.26 bits per heavy atom. The summed E-state index contributed by atoms with van der Waals surface area (Å²) in [5.41, 5.74) is 2.19. The predicted molar refractivity (Wildman–Crippen MR) is 76.3 cm³/mol. The maximum atomic E-state index is 5.35. The molecule has 4 nitrogen and oxygen atoms in total. The molecule has 0 radical (unpaired) electrons. The molecular weight excluding hydrogens is 260 g/mol. The van der Waals surface area contributed by atoms with Crippen molar-refractivity contribution in [2.75, 3.05) is 18.7 Å². The van der Waals surface area contributed by atoms with Gasteiger partial charge in [0.15, 0.2) is 11.5 Å². The largest absolute Gasteiger partial charge is 0.454 e. The normalized spacial score (nSPS) is 12.7. The first kappa shape index (κ1) is 12.3. The Kier molecular flexibility index (Phi) is 3.29. The van der Waals surface area contributed by atoms with E-state index in [-0.39, 0.29) is 0 Å². The molecule has 0 spiro atoms. The van der Waals surface area contributed by atoms with Crippen LogP contribution in [-0.2, 0) is 6.42 Å². The van der Waals surface area contributed by atoms with Crippen LogP contribution in [0.3, 0.4) is 0 Å². The molecule has 0 unspecified atom stereocenters. The Bertz CT molecular complexity index is 576. The van der Waals surface area contributed by atoms with Crippen LogP contribution in [0.25, 0.3) is 0 Å². The average Bonchev–Trinajstić information content (AvgIpc) is 2.96. The summed E-state index contributed by atoms with van der Waals surface area (Å²) in [5.74, 6) is 1.63. The minimum atomic E-state index is 0.316. The molecule has 0 atom stereocenters. The number of nitrogens with one attached hydrogen (secondary N) is 1. The zero-order valence-electron chi connectivity index (χ0n) is 11.0. The van der Waals surface area contributed by atoms with E-state index in [0.29, 0.717) is 6.79 Å². The summed E-state index contributed by atoms with van der Waals surface area (Å²) in [4.78, 5) is 5.84. The van der Waals surface area contributed by atoms with Crippen LogP contribution in [0.1, 0.15) is 15.6 Å². The molecule has 2 aromatic rings. The summed E-state index contributed by atoms with van der Waals surface area (Å²) < 4.78 is 10.6. The van der Waals surface area contributed by atoms with Crippen LogP contribution >= 0.6 is 11.3 Å². The number of aromatic nitrogens is 1. The van der Waals surface area contributed by atoms with Gasteiger partial charge >= 0.3 is 0 Å². The highest BCUT2D eigenvalue weighted by Gasteiger charge is 2.13. The highest BCUT2D eigenvalue weighted by Crippen LogP contribution is 2.34. The Morgan fingerprint density at radius 2 is 2.11 bits per heavy atom. The SMILES string of the molecule is Cc1nc(CCNc2ccc3c(c2)OCO3)sc1C. The van der Waals surface area contributed by atoms with E-state index in [4.69, 9.17) is 9.47 Å². The van der Waals surface area contributed by atoms with Crippen molar-refractivity contribution in [2.45, 2.75) is 20.3 Å². The third kappa shape index (κ3) is 2.66. The molecule has 2 heterocycles. The van der Waals surface area contributed by atoms with Crippen molar-refractivity contribution in [3.05, 3.63) is 33.8 Å². The molecule has 100 valence electrons. The van der Waals surface area contributed by atoms with Gasteiger partial charge in [-0.2, -0.15) is 0 Å². The monoisotopic (exact) mass is 276 g/mol. The molecule has 0 amide bonds. The predicted octanol–water partition coefficient (Wildman–Crippen LogP) is 3.14. The van der Waals surface area contributed by atoms with Crippen LogP contribution in [0.4, 0.5) is 5.69 Å². The van der Waals surface area contributed by atoms with Crippen molar-refractivity contribution < 1.29 is 9.47 Å². The number of anilines is 1. The van der Waals surface area contributed by atoms with Crippen LogP contribution < -0.4 is 14.8 Å². The Labute approximate surface area is 116 Å². The number of aryl methyl sites for hydroxylation is 2. The van der Waals surface area contributed by atoms with Gasteiger partial charge < -0.3 is 14.8 Å². The van der Waals surface area contributed by atoms with Crippen molar-refractivity contribution in [3.8, 4) is 11.5 Å². The number of nitrogens with zero attached hydrogens (tertiary/aromatic N) is 1. The summed E-state index contributed by atoms with van der Waals surface area (Å²) in [6.07, 6.45) is 0.938. The first-order valence-corrected chi connectivity index (χ1v) is 7.10. The zero-order chi connectivity index (χ0) is 13.2. The summed E-state index contributed by atoms with van der Waals surface area (Å²) in [6, 6.07) is 5.91. The second kappa shape index (κ2) is 5.09. The van der Waals surface area contributed by atoms with E-state index in [0.717, 1.165) is 35.8 Å². The highest BCUT2D eigenvalue weighted by atomic mass is 32.1. The zero-order valence-corrected chi connectivity index (χ0v) is 11.8. The molecule has 0 aliphatic carbocycles. The van der Waals surface area contributed by atoms with Gasteiger partial charge in [-0.05, 0) is 26.0 Å². The van der Waals surface area contributed by atoms with E-state index in [9.17, 15) is 0 Å². The lowest BCUT2D eigenvalue weighted by molar-refractivity contribution is 0.174. The molecule has 1 N–H and O–H groups in total. The number of ether oxygens (including phenoxy) is 2. The topological polar surface area (TPSA) is 43.4 Å².